The smallest absolute Gasteiger partial charge is 0.257 e. The fourth-order valence-electron chi connectivity index (χ4n) is 3.22. The molecule has 2 heterocycles. The summed E-state index contributed by atoms with van der Waals surface area (Å²) in [4.78, 5) is 14.8. The van der Waals surface area contributed by atoms with E-state index in [1.54, 1.807) is 0 Å². The van der Waals surface area contributed by atoms with Crippen molar-refractivity contribution in [2.45, 2.75) is 46.6 Å². The first-order chi connectivity index (χ1) is 10.1. The molecule has 1 aliphatic heterocycles. The lowest BCUT2D eigenvalue weighted by Crippen LogP contribution is -2.40. The molecule has 0 spiro atoms. The number of piperidine rings is 1. The van der Waals surface area contributed by atoms with E-state index in [1.165, 1.54) is 0 Å². The second-order valence-corrected chi connectivity index (χ2v) is 6.06. The molecule has 2 rings (SSSR count). The van der Waals surface area contributed by atoms with E-state index in [4.69, 9.17) is 0 Å². The van der Waals surface area contributed by atoms with E-state index in [1.807, 2.05) is 30.5 Å². The number of aromatic nitrogens is 2. The number of amides is 1. The molecule has 1 fully saturated rings. The average Bonchev–Trinajstić information content (AvgIpc) is 2.74. The molecular weight excluding hydrogens is 264 g/mol. The van der Waals surface area contributed by atoms with Crippen molar-refractivity contribution in [3.8, 4) is 0 Å². The van der Waals surface area contributed by atoms with Gasteiger partial charge in [-0.3, -0.25) is 9.48 Å². The van der Waals surface area contributed by atoms with Crippen LogP contribution in [0.4, 0.5) is 0 Å². The molecule has 5 nitrogen and oxygen atoms in total. The van der Waals surface area contributed by atoms with Crippen molar-refractivity contribution in [3.63, 3.8) is 0 Å². The third kappa shape index (κ3) is 3.46. The van der Waals surface area contributed by atoms with Gasteiger partial charge in [0.25, 0.3) is 5.91 Å². The molecule has 1 saturated heterocycles. The van der Waals surface area contributed by atoms with Gasteiger partial charge in [0, 0.05) is 25.3 Å². The third-order valence-corrected chi connectivity index (χ3v) is 4.43. The van der Waals surface area contributed by atoms with Crippen molar-refractivity contribution in [1.82, 2.24) is 20.0 Å². The van der Waals surface area contributed by atoms with Crippen LogP contribution in [0, 0.1) is 19.8 Å². The first kappa shape index (κ1) is 16.0. The van der Waals surface area contributed by atoms with E-state index in [-0.39, 0.29) is 5.91 Å². The van der Waals surface area contributed by atoms with E-state index in [0.29, 0.717) is 5.92 Å². The molecule has 0 saturated carbocycles. The lowest BCUT2D eigenvalue weighted by atomic mass is 9.96. The zero-order valence-electron chi connectivity index (χ0n) is 13.8. The maximum Gasteiger partial charge on any atom is 0.257 e. The highest BCUT2D eigenvalue weighted by Crippen LogP contribution is 2.21. The van der Waals surface area contributed by atoms with Crippen molar-refractivity contribution >= 4 is 5.91 Å². The Hall–Kier alpha value is -1.36. The maximum absolute atomic E-state index is 12.8. The summed E-state index contributed by atoms with van der Waals surface area (Å²) in [6, 6.07) is 0. The van der Waals surface area contributed by atoms with Crippen LogP contribution in [0.3, 0.4) is 0 Å². The summed E-state index contributed by atoms with van der Waals surface area (Å²) in [6.45, 7) is 9.74. The first-order valence-electron chi connectivity index (χ1n) is 8.06. The van der Waals surface area contributed by atoms with Crippen molar-refractivity contribution in [2.24, 2.45) is 5.92 Å². The number of nitrogens with one attached hydrogen (secondary N) is 1. The van der Waals surface area contributed by atoms with Crippen LogP contribution in [-0.4, -0.2) is 47.3 Å². The predicted octanol–water partition coefficient (Wildman–Crippen LogP) is 1.98. The molecule has 0 unspecified atom stereocenters. The Labute approximate surface area is 127 Å². The molecular formula is C16H28N4O. The summed E-state index contributed by atoms with van der Waals surface area (Å²) in [7, 11) is 1.99. The summed E-state index contributed by atoms with van der Waals surface area (Å²) < 4.78 is 1.97. The number of carbonyl (C=O) groups is 1. The Balaban J connectivity index is 2.07. The summed E-state index contributed by atoms with van der Waals surface area (Å²) in [6.07, 6.45) is 3.21. The quantitative estimate of drug-likeness (QED) is 0.903. The highest BCUT2D eigenvalue weighted by Gasteiger charge is 2.27. The fourth-order valence-corrected chi connectivity index (χ4v) is 3.22. The number of rotatable bonds is 5. The van der Waals surface area contributed by atoms with E-state index < -0.39 is 0 Å². The van der Waals surface area contributed by atoms with Crippen LogP contribution >= 0.6 is 0 Å². The van der Waals surface area contributed by atoms with E-state index >= 15 is 0 Å². The van der Waals surface area contributed by atoms with Gasteiger partial charge in [-0.25, -0.2) is 0 Å². The van der Waals surface area contributed by atoms with E-state index in [2.05, 4.69) is 17.3 Å². The van der Waals surface area contributed by atoms with E-state index in [9.17, 15) is 4.79 Å². The molecule has 118 valence electrons. The Morgan fingerprint density at radius 1 is 1.33 bits per heavy atom. The minimum Gasteiger partial charge on any atom is -0.339 e. The normalized spacial score (nSPS) is 16.5. The van der Waals surface area contributed by atoms with E-state index in [0.717, 1.165) is 62.4 Å². The van der Waals surface area contributed by atoms with Gasteiger partial charge in [-0.1, -0.05) is 6.92 Å². The molecule has 1 amide bonds. The Morgan fingerprint density at radius 2 is 2.00 bits per heavy atom. The number of aryl methyl sites for hydroxylation is 2. The highest BCUT2D eigenvalue weighted by molar-refractivity contribution is 5.96. The van der Waals surface area contributed by atoms with Crippen molar-refractivity contribution in [2.75, 3.05) is 26.7 Å². The average molecular weight is 292 g/mol. The van der Waals surface area contributed by atoms with Crippen LogP contribution in [0.25, 0.3) is 0 Å². The van der Waals surface area contributed by atoms with Crippen molar-refractivity contribution < 1.29 is 4.79 Å². The van der Waals surface area contributed by atoms with Gasteiger partial charge in [-0.2, -0.15) is 5.10 Å². The van der Waals surface area contributed by atoms with Crippen LogP contribution < -0.4 is 5.32 Å². The van der Waals surface area contributed by atoms with Crippen LogP contribution in [0.15, 0.2) is 0 Å². The molecule has 0 aliphatic carbocycles. The number of likely N-dealkylation sites (tertiary alicyclic amines) is 1. The SMILES string of the molecule is CCCn1nc(C)c(C(=O)N2CCC(CNC)CC2)c1C. The zero-order chi connectivity index (χ0) is 15.4. The van der Waals surface area contributed by atoms with Crippen LogP contribution in [0.1, 0.15) is 47.9 Å². The first-order valence-corrected chi connectivity index (χ1v) is 8.06. The number of hydrogen-bond donors (Lipinski definition) is 1. The molecule has 21 heavy (non-hydrogen) atoms. The summed E-state index contributed by atoms with van der Waals surface area (Å²) in [5.41, 5.74) is 2.69. The molecule has 0 radical (unpaired) electrons. The molecule has 1 aromatic heterocycles. The Kier molecular flexibility index (Phi) is 5.39. The van der Waals surface area contributed by atoms with Crippen LogP contribution in [-0.2, 0) is 6.54 Å². The van der Waals surface area contributed by atoms with Gasteiger partial charge >= 0.3 is 0 Å². The molecule has 0 aromatic carbocycles. The predicted molar refractivity (Wildman–Crippen MR) is 84.5 cm³/mol. The monoisotopic (exact) mass is 292 g/mol. The molecule has 1 aliphatic rings. The van der Waals surface area contributed by atoms with Crippen LogP contribution in [0.2, 0.25) is 0 Å². The summed E-state index contributed by atoms with van der Waals surface area (Å²) in [5.74, 6) is 0.860. The maximum atomic E-state index is 12.8. The van der Waals surface area contributed by atoms with Gasteiger partial charge in [0.05, 0.1) is 11.3 Å². The minimum absolute atomic E-state index is 0.162. The minimum atomic E-state index is 0.162. The van der Waals surface area contributed by atoms with Gasteiger partial charge in [0.15, 0.2) is 0 Å². The van der Waals surface area contributed by atoms with Gasteiger partial charge in [-0.05, 0) is 52.6 Å². The number of carbonyl (C=O) groups excluding carboxylic acids is 1. The second kappa shape index (κ2) is 7.07. The molecule has 0 bridgehead atoms. The third-order valence-electron chi connectivity index (χ3n) is 4.43. The Bertz CT molecular complexity index is 487. The number of hydrogen-bond acceptors (Lipinski definition) is 3. The highest BCUT2D eigenvalue weighted by atomic mass is 16.2. The zero-order valence-corrected chi connectivity index (χ0v) is 13.8. The van der Waals surface area contributed by atoms with Crippen LogP contribution in [0.5, 0.6) is 0 Å². The summed E-state index contributed by atoms with van der Waals surface area (Å²) >= 11 is 0. The second-order valence-electron chi connectivity index (χ2n) is 6.06. The number of nitrogens with zero attached hydrogens (tertiary/aromatic N) is 3. The lowest BCUT2D eigenvalue weighted by molar-refractivity contribution is 0.0689. The lowest BCUT2D eigenvalue weighted by Gasteiger charge is -2.32. The van der Waals surface area contributed by atoms with Gasteiger partial charge < -0.3 is 10.2 Å². The molecule has 5 heteroatoms. The largest absolute Gasteiger partial charge is 0.339 e. The van der Waals surface area contributed by atoms with Crippen molar-refractivity contribution in [1.29, 1.82) is 0 Å². The molecule has 1 N–H and O–H groups in total. The van der Waals surface area contributed by atoms with Gasteiger partial charge in [0.1, 0.15) is 0 Å². The topological polar surface area (TPSA) is 50.2 Å². The molecule has 1 aromatic rings. The van der Waals surface area contributed by atoms with Crippen molar-refractivity contribution in [3.05, 3.63) is 17.0 Å². The summed E-state index contributed by atoms with van der Waals surface area (Å²) in [5, 5.41) is 7.75. The standard InChI is InChI=1S/C16H28N4O/c1-5-8-20-13(3)15(12(2)18-20)16(21)19-9-6-14(7-10-19)11-17-4/h14,17H,5-11H2,1-4H3. The van der Waals surface area contributed by atoms with Gasteiger partial charge in [0.2, 0.25) is 0 Å². The Morgan fingerprint density at radius 3 is 2.57 bits per heavy atom. The van der Waals surface area contributed by atoms with Gasteiger partial charge in [-0.15, -0.1) is 0 Å². The fraction of sp³-hybridized carbons (Fsp3) is 0.750. The molecule has 0 atom stereocenters.